The molecule has 1 N–H and O–H groups in total. The van der Waals surface area contributed by atoms with Crippen LogP contribution in [-0.4, -0.2) is 17.0 Å². The summed E-state index contributed by atoms with van der Waals surface area (Å²) in [5.74, 6) is 0. The van der Waals surface area contributed by atoms with Gasteiger partial charge in [-0.3, -0.25) is 4.98 Å². The maximum atomic E-state index is 4.51. The summed E-state index contributed by atoms with van der Waals surface area (Å²) < 4.78 is 0. The Kier molecular flexibility index (Phi) is 3.86. The Morgan fingerprint density at radius 1 is 1.35 bits per heavy atom. The molecule has 0 aliphatic carbocycles. The summed E-state index contributed by atoms with van der Waals surface area (Å²) in [4.78, 5) is 8.85. The van der Waals surface area contributed by atoms with E-state index in [4.69, 9.17) is 0 Å². The molecule has 0 radical (unpaired) electrons. The summed E-state index contributed by atoms with van der Waals surface area (Å²) in [6, 6.07) is 4.51. The van der Waals surface area contributed by atoms with Gasteiger partial charge in [-0.25, -0.2) is 4.98 Å². The van der Waals surface area contributed by atoms with Gasteiger partial charge in [-0.15, -0.1) is 11.3 Å². The van der Waals surface area contributed by atoms with Gasteiger partial charge in [0.1, 0.15) is 0 Å². The van der Waals surface area contributed by atoms with Gasteiger partial charge in [0.25, 0.3) is 0 Å². The zero-order chi connectivity index (χ0) is 12.3. The molecule has 2 aromatic heterocycles. The van der Waals surface area contributed by atoms with Gasteiger partial charge in [0.05, 0.1) is 5.01 Å². The molecule has 0 spiro atoms. The second-order valence-electron chi connectivity index (χ2n) is 4.10. The van der Waals surface area contributed by atoms with E-state index in [1.807, 2.05) is 25.5 Å². The number of aromatic nitrogens is 2. The average Bonchev–Trinajstić information content (AvgIpc) is 2.79. The minimum Gasteiger partial charge on any atom is -0.313 e. The molecule has 0 saturated carbocycles. The maximum absolute atomic E-state index is 4.51. The van der Waals surface area contributed by atoms with E-state index < -0.39 is 0 Å². The molecule has 0 aliphatic heterocycles. The molecule has 0 bridgehead atoms. The van der Waals surface area contributed by atoms with E-state index in [1.54, 1.807) is 11.3 Å². The second kappa shape index (κ2) is 5.38. The van der Waals surface area contributed by atoms with E-state index in [9.17, 15) is 0 Å². The van der Waals surface area contributed by atoms with Gasteiger partial charge in [-0.1, -0.05) is 6.07 Å². The summed E-state index contributed by atoms with van der Waals surface area (Å²) in [7, 11) is 1.98. The number of thiazole rings is 1. The molecule has 17 heavy (non-hydrogen) atoms. The molecule has 0 saturated heterocycles. The van der Waals surface area contributed by atoms with Crippen LogP contribution in [0.1, 0.15) is 28.0 Å². The molecule has 0 aromatic carbocycles. The molecule has 0 amide bonds. The lowest BCUT2D eigenvalue weighted by molar-refractivity contribution is 0.584. The molecule has 0 fully saturated rings. The van der Waals surface area contributed by atoms with Crippen molar-refractivity contribution in [2.75, 3.05) is 7.05 Å². The van der Waals surface area contributed by atoms with Crippen molar-refractivity contribution in [1.82, 2.24) is 15.3 Å². The van der Waals surface area contributed by atoms with E-state index in [-0.39, 0.29) is 6.04 Å². The van der Waals surface area contributed by atoms with Crippen LogP contribution in [0.2, 0.25) is 0 Å². The highest BCUT2D eigenvalue weighted by molar-refractivity contribution is 7.09. The van der Waals surface area contributed by atoms with Crippen molar-refractivity contribution in [2.45, 2.75) is 26.3 Å². The van der Waals surface area contributed by atoms with Gasteiger partial charge in [0, 0.05) is 35.4 Å². The number of hydrogen-bond donors (Lipinski definition) is 1. The van der Waals surface area contributed by atoms with E-state index in [0.29, 0.717) is 0 Å². The first-order valence-corrected chi connectivity index (χ1v) is 6.58. The average molecular weight is 247 g/mol. The third kappa shape index (κ3) is 2.90. The Morgan fingerprint density at radius 3 is 2.76 bits per heavy atom. The van der Waals surface area contributed by atoms with Crippen LogP contribution in [0.4, 0.5) is 0 Å². The van der Waals surface area contributed by atoms with Crippen molar-refractivity contribution in [3.63, 3.8) is 0 Å². The van der Waals surface area contributed by atoms with Gasteiger partial charge in [0.2, 0.25) is 0 Å². The van der Waals surface area contributed by atoms with Crippen molar-refractivity contribution in [2.24, 2.45) is 0 Å². The maximum Gasteiger partial charge on any atom is 0.0943 e. The van der Waals surface area contributed by atoms with Crippen LogP contribution in [-0.2, 0) is 6.42 Å². The van der Waals surface area contributed by atoms with E-state index in [2.05, 4.69) is 34.3 Å². The van der Waals surface area contributed by atoms with E-state index in [0.717, 1.165) is 22.8 Å². The predicted octanol–water partition coefficient (Wildman–Crippen LogP) is 2.66. The Balaban J connectivity index is 2.23. The second-order valence-corrected chi connectivity index (χ2v) is 5.08. The molecular weight excluding hydrogens is 230 g/mol. The minimum absolute atomic E-state index is 0.286. The summed E-state index contributed by atoms with van der Waals surface area (Å²) in [5, 5.41) is 6.52. The summed E-state index contributed by atoms with van der Waals surface area (Å²) in [5.41, 5.74) is 3.42. The van der Waals surface area contributed by atoms with E-state index in [1.165, 1.54) is 5.56 Å². The smallest absolute Gasteiger partial charge is 0.0943 e. The Hall–Kier alpha value is -1.26. The SMILES string of the molecule is CNC(Cc1nccs1)c1ccc(C)nc1C. The fourth-order valence-electron chi connectivity index (χ4n) is 1.96. The number of pyridine rings is 1. The van der Waals surface area contributed by atoms with Gasteiger partial charge in [-0.05, 0) is 32.5 Å². The largest absolute Gasteiger partial charge is 0.313 e. The van der Waals surface area contributed by atoms with Crippen LogP contribution in [0.3, 0.4) is 0 Å². The van der Waals surface area contributed by atoms with Crippen LogP contribution in [0.15, 0.2) is 23.7 Å². The number of hydrogen-bond acceptors (Lipinski definition) is 4. The van der Waals surface area contributed by atoms with Gasteiger partial charge in [-0.2, -0.15) is 0 Å². The lowest BCUT2D eigenvalue weighted by Crippen LogP contribution is -2.20. The zero-order valence-corrected chi connectivity index (χ0v) is 11.2. The molecule has 4 heteroatoms. The van der Waals surface area contributed by atoms with Crippen molar-refractivity contribution in [1.29, 1.82) is 0 Å². The molecule has 90 valence electrons. The van der Waals surface area contributed by atoms with Crippen LogP contribution >= 0.6 is 11.3 Å². The Labute approximate surface area is 106 Å². The van der Waals surface area contributed by atoms with Crippen LogP contribution in [0, 0.1) is 13.8 Å². The summed E-state index contributed by atoms with van der Waals surface area (Å²) in [6.45, 7) is 4.08. The molecular formula is C13H17N3S. The highest BCUT2D eigenvalue weighted by atomic mass is 32.1. The van der Waals surface area contributed by atoms with Crippen LogP contribution < -0.4 is 5.32 Å². The number of nitrogens with zero attached hydrogens (tertiary/aromatic N) is 2. The van der Waals surface area contributed by atoms with E-state index >= 15 is 0 Å². The standard InChI is InChI=1S/C13H17N3S/c1-9-4-5-11(10(2)16-9)12(14-3)8-13-15-6-7-17-13/h4-7,12,14H,8H2,1-3H3. The van der Waals surface area contributed by atoms with Crippen LogP contribution in [0.25, 0.3) is 0 Å². The number of rotatable bonds is 4. The van der Waals surface area contributed by atoms with Crippen LogP contribution in [0.5, 0.6) is 0 Å². The quantitative estimate of drug-likeness (QED) is 0.902. The highest BCUT2D eigenvalue weighted by Gasteiger charge is 2.14. The van der Waals surface area contributed by atoms with Crippen molar-refractivity contribution in [3.05, 3.63) is 45.7 Å². The fourth-order valence-corrected chi connectivity index (χ4v) is 2.62. The summed E-state index contributed by atoms with van der Waals surface area (Å²) >= 11 is 1.70. The third-order valence-electron chi connectivity index (χ3n) is 2.85. The molecule has 1 atom stereocenters. The van der Waals surface area contributed by atoms with Gasteiger partial charge >= 0.3 is 0 Å². The first kappa shape index (κ1) is 12.2. The van der Waals surface area contributed by atoms with Gasteiger partial charge < -0.3 is 5.32 Å². The minimum atomic E-state index is 0.286. The molecule has 2 rings (SSSR count). The van der Waals surface area contributed by atoms with Gasteiger partial charge in [0.15, 0.2) is 0 Å². The highest BCUT2D eigenvalue weighted by Crippen LogP contribution is 2.21. The number of likely N-dealkylation sites (N-methyl/N-ethyl adjacent to an activating group) is 1. The molecule has 3 nitrogen and oxygen atoms in total. The summed E-state index contributed by atoms with van der Waals surface area (Å²) in [6.07, 6.45) is 2.77. The predicted molar refractivity (Wildman–Crippen MR) is 71.3 cm³/mol. The molecule has 2 heterocycles. The first-order valence-electron chi connectivity index (χ1n) is 5.70. The first-order chi connectivity index (χ1) is 8.20. The van der Waals surface area contributed by atoms with Crippen molar-refractivity contribution in [3.8, 4) is 0 Å². The van der Waals surface area contributed by atoms with Crippen molar-refractivity contribution >= 4 is 11.3 Å². The topological polar surface area (TPSA) is 37.8 Å². The lowest BCUT2D eigenvalue weighted by Gasteiger charge is -2.17. The third-order valence-corrected chi connectivity index (χ3v) is 3.65. The Morgan fingerprint density at radius 2 is 2.18 bits per heavy atom. The fraction of sp³-hybridized carbons (Fsp3) is 0.385. The molecule has 0 aliphatic rings. The molecule has 2 aromatic rings. The lowest BCUT2D eigenvalue weighted by atomic mass is 10.0. The zero-order valence-electron chi connectivity index (χ0n) is 10.4. The number of nitrogens with one attached hydrogen (secondary N) is 1. The van der Waals surface area contributed by atoms with Crippen molar-refractivity contribution < 1.29 is 0 Å². The normalized spacial score (nSPS) is 12.6. The Bertz CT molecular complexity index is 479. The number of aryl methyl sites for hydroxylation is 2. The monoisotopic (exact) mass is 247 g/mol. The molecule has 1 unspecified atom stereocenters.